The number of hydrogen-bond donors (Lipinski definition) is 1. The van der Waals surface area contributed by atoms with E-state index in [4.69, 9.17) is 14.7 Å². The van der Waals surface area contributed by atoms with Crippen molar-refractivity contribution < 1.29 is 9.84 Å². The molecule has 1 aliphatic heterocycles. The van der Waals surface area contributed by atoms with E-state index >= 15 is 0 Å². The third-order valence-electron chi connectivity index (χ3n) is 5.37. The molecule has 25 heavy (non-hydrogen) atoms. The van der Waals surface area contributed by atoms with Gasteiger partial charge in [-0.1, -0.05) is 19.3 Å². The van der Waals surface area contributed by atoms with Gasteiger partial charge in [-0.2, -0.15) is 0 Å². The van der Waals surface area contributed by atoms with Gasteiger partial charge in [-0.15, -0.1) is 11.8 Å². The molecule has 1 atom stereocenters. The molecule has 2 heterocycles. The lowest BCUT2D eigenvalue weighted by molar-refractivity contribution is 0.412. The molecule has 0 saturated heterocycles. The van der Waals surface area contributed by atoms with Crippen LogP contribution in [0.15, 0.2) is 23.2 Å². The minimum Gasteiger partial charge on any atom is -0.507 e. The number of hydrogen-bond acceptors (Lipinski definition) is 5. The molecule has 132 valence electrons. The maximum atomic E-state index is 10.5. The average Bonchev–Trinajstić information content (AvgIpc) is 3.13. The summed E-state index contributed by atoms with van der Waals surface area (Å²) in [6.07, 6.45) is 6.54. The number of rotatable bonds is 3. The molecule has 2 aromatic rings. The Bertz CT molecular complexity index is 828. The molecule has 4 nitrogen and oxygen atoms in total. The minimum atomic E-state index is 0.0443. The Kier molecular flexibility index (Phi) is 4.59. The summed E-state index contributed by atoms with van der Waals surface area (Å²) in [6, 6.07) is 5.58. The van der Waals surface area contributed by atoms with Gasteiger partial charge in [0.25, 0.3) is 0 Å². The van der Waals surface area contributed by atoms with Crippen molar-refractivity contribution in [1.29, 1.82) is 0 Å². The third kappa shape index (κ3) is 3.10. The first-order chi connectivity index (χ1) is 12.2. The zero-order chi connectivity index (χ0) is 17.4. The zero-order valence-corrected chi connectivity index (χ0v) is 15.6. The Labute approximate surface area is 152 Å². The quantitative estimate of drug-likeness (QED) is 0.838. The van der Waals surface area contributed by atoms with Gasteiger partial charge in [0.05, 0.1) is 23.4 Å². The molecule has 1 aliphatic carbocycles. The molecule has 0 bridgehead atoms. The van der Waals surface area contributed by atoms with E-state index in [1.165, 1.54) is 37.1 Å². The van der Waals surface area contributed by atoms with E-state index in [2.05, 4.69) is 0 Å². The van der Waals surface area contributed by atoms with Crippen molar-refractivity contribution in [3.8, 4) is 11.5 Å². The first-order valence-electron chi connectivity index (χ1n) is 9.05. The number of aryl methyl sites for hydroxylation is 1. The summed E-state index contributed by atoms with van der Waals surface area (Å²) in [4.78, 5) is 9.82. The summed E-state index contributed by atoms with van der Waals surface area (Å²) >= 11 is 1.88. The predicted molar refractivity (Wildman–Crippen MR) is 104 cm³/mol. The highest BCUT2D eigenvalue weighted by atomic mass is 32.2. The van der Waals surface area contributed by atoms with Gasteiger partial charge in [-0.05, 0) is 31.9 Å². The molecule has 1 saturated carbocycles. The van der Waals surface area contributed by atoms with Crippen LogP contribution in [0, 0.1) is 12.8 Å². The van der Waals surface area contributed by atoms with Crippen molar-refractivity contribution in [2.75, 3.05) is 12.9 Å². The zero-order valence-electron chi connectivity index (χ0n) is 14.8. The Morgan fingerprint density at radius 3 is 2.76 bits per heavy atom. The second-order valence-corrected chi connectivity index (χ2v) is 8.02. The van der Waals surface area contributed by atoms with E-state index in [1.54, 1.807) is 13.2 Å². The van der Waals surface area contributed by atoms with Gasteiger partial charge >= 0.3 is 0 Å². The van der Waals surface area contributed by atoms with E-state index in [0.717, 1.165) is 33.7 Å². The molecule has 1 aromatic carbocycles. The Morgan fingerprint density at radius 1 is 1.20 bits per heavy atom. The minimum absolute atomic E-state index is 0.0443. The van der Waals surface area contributed by atoms with E-state index in [9.17, 15) is 5.11 Å². The van der Waals surface area contributed by atoms with Gasteiger partial charge < -0.3 is 9.84 Å². The van der Waals surface area contributed by atoms with Crippen molar-refractivity contribution in [1.82, 2.24) is 4.98 Å². The summed E-state index contributed by atoms with van der Waals surface area (Å²) < 4.78 is 5.40. The predicted octanol–water partition coefficient (Wildman–Crippen LogP) is 5.02. The number of aromatic hydroxyl groups is 1. The molecule has 0 spiro atoms. The molecule has 1 N–H and O–H groups in total. The number of fused-ring (bicyclic) bond motifs is 1. The number of aliphatic imine (C=N–C) groups is 1. The standard InChI is InChI=1S/C20H24N2O2S/c1-12-18(24-2)9-8-14-17(23)10-15(21-19(12)14)16-11-25-20(22-16)13-6-4-3-5-7-13/h8-10,13,16H,3-7,11H2,1-2H3,(H,21,23). The summed E-state index contributed by atoms with van der Waals surface area (Å²) in [5.74, 6) is 2.63. The van der Waals surface area contributed by atoms with Gasteiger partial charge in [0.1, 0.15) is 17.5 Å². The summed E-state index contributed by atoms with van der Waals surface area (Å²) in [5, 5.41) is 12.5. The van der Waals surface area contributed by atoms with Crippen LogP contribution in [0.1, 0.15) is 49.4 Å². The van der Waals surface area contributed by atoms with Crippen molar-refractivity contribution >= 4 is 27.7 Å². The number of benzene rings is 1. The Hall–Kier alpha value is -1.75. The maximum absolute atomic E-state index is 10.5. The van der Waals surface area contributed by atoms with Gasteiger partial charge in [0.15, 0.2) is 0 Å². The normalized spacial score (nSPS) is 21.5. The average molecular weight is 356 g/mol. The van der Waals surface area contributed by atoms with Crippen LogP contribution in [0.2, 0.25) is 0 Å². The molecular formula is C20H24N2O2S. The summed E-state index contributed by atoms with van der Waals surface area (Å²) in [5.41, 5.74) is 2.62. The fraction of sp³-hybridized carbons (Fsp3) is 0.500. The second-order valence-electron chi connectivity index (χ2n) is 6.98. The van der Waals surface area contributed by atoms with Crippen LogP contribution in [0.4, 0.5) is 0 Å². The number of pyridine rings is 1. The van der Waals surface area contributed by atoms with E-state index < -0.39 is 0 Å². The third-order valence-corrected chi connectivity index (χ3v) is 6.59. The Morgan fingerprint density at radius 2 is 2.00 bits per heavy atom. The summed E-state index contributed by atoms with van der Waals surface area (Å²) in [7, 11) is 1.66. The van der Waals surface area contributed by atoms with Gasteiger partial charge in [0.2, 0.25) is 0 Å². The van der Waals surface area contributed by atoms with Crippen LogP contribution in [0.3, 0.4) is 0 Å². The molecule has 0 radical (unpaired) electrons. The van der Waals surface area contributed by atoms with Crippen molar-refractivity contribution in [3.05, 3.63) is 29.5 Å². The van der Waals surface area contributed by atoms with Crippen LogP contribution in [0.5, 0.6) is 11.5 Å². The van der Waals surface area contributed by atoms with Crippen molar-refractivity contribution in [2.45, 2.75) is 45.1 Å². The van der Waals surface area contributed by atoms with E-state index in [0.29, 0.717) is 5.92 Å². The highest BCUT2D eigenvalue weighted by Gasteiger charge is 2.28. The number of thioether (sulfide) groups is 1. The molecule has 2 aliphatic rings. The molecule has 1 aromatic heterocycles. The second kappa shape index (κ2) is 6.87. The smallest absolute Gasteiger partial charge is 0.126 e. The lowest BCUT2D eigenvalue weighted by Gasteiger charge is -2.20. The first-order valence-corrected chi connectivity index (χ1v) is 10.0. The van der Waals surface area contributed by atoms with Gasteiger partial charge in [0, 0.05) is 28.7 Å². The molecule has 4 rings (SSSR count). The highest BCUT2D eigenvalue weighted by Crippen LogP contribution is 2.39. The lowest BCUT2D eigenvalue weighted by atomic mass is 9.90. The maximum Gasteiger partial charge on any atom is 0.126 e. The number of ether oxygens (including phenoxy) is 1. The van der Waals surface area contributed by atoms with Gasteiger partial charge in [-0.3, -0.25) is 4.99 Å². The first kappa shape index (κ1) is 16.7. The van der Waals surface area contributed by atoms with E-state index in [1.807, 2.05) is 30.8 Å². The van der Waals surface area contributed by atoms with E-state index in [-0.39, 0.29) is 11.8 Å². The fourth-order valence-electron chi connectivity index (χ4n) is 3.92. The van der Waals surface area contributed by atoms with Crippen LogP contribution < -0.4 is 4.74 Å². The largest absolute Gasteiger partial charge is 0.507 e. The van der Waals surface area contributed by atoms with Crippen molar-refractivity contribution in [2.24, 2.45) is 10.9 Å². The molecule has 1 unspecified atom stereocenters. The number of nitrogens with zero attached hydrogens (tertiary/aromatic N) is 2. The highest BCUT2D eigenvalue weighted by molar-refractivity contribution is 8.14. The van der Waals surface area contributed by atoms with Crippen molar-refractivity contribution in [3.63, 3.8) is 0 Å². The molecule has 5 heteroatoms. The topological polar surface area (TPSA) is 54.7 Å². The monoisotopic (exact) mass is 356 g/mol. The summed E-state index contributed by atoms with van der Waals surface area (Å²) in [6.45, 7) is 1.98. The van der Waals surface area contributed by atoms with Gasteiger partial charge in [-0.25, -0.2) is 4.98 Å². The fourth-order valence-corrected chi connectivity index (χ4v) is 5.17. The number of aromatic nitrogens is 1. The van der Waals surface area contributed by atoms with Crippen LogP contribution in [-0.2, 0) is 0 Å². The molecule has 1 fully saturated rings. The lowest BCUT2D eigenvalue weighted by Crippen LogP contribution is -2.13. The van der Waals surface area contributed by atoms with Crippen LogP contribution >= 0.6 is 11.8 Å². The number of methoxy groups -OCH3 is 1. The SMILES string of the molecule is COc1ccc2c(O)cc(C3CSC(C4CCCCC4)=N3)nc2c1C. The Balaban J connectivity index is 1.69. The molecular weight excluding hydrogens is 332 g/mol. The van der Waals surface area contributed by atoms with Crippen LogP contribution in [0.25, 0.3) is 10.9 Å². The molecule has 0 amide bonds. The van der Waals surface area contributed by atoms with Crippen LogP contribution in [-0.4, -0.2) is 28.0 Å².